The zero-order chi connectivity index (χ0) is 13.1. The Bertz CT molecular complexity index is 428. The number of halogens is 2. The molecule has 1 aliphatic rings. The van der Waals surface area contributed by atoms with Gasteiger partial charge in [-0.3, -0.25) is 4.79 Å². The number of carbonyl (C=O) groups excluding carboxylic acids is 1. The molecule has 0 spiro atoms. The average Bonchev–Trinajstić information content (AvgIpc) is 2.38. The number of nitrogens with zero attached hydrogens (tertiary/aromatic N) is 1. The van der Waals surface area contributed by atoms with E-state index in [4.69, 9.17) is 0 Å². The molecular weight excluding hydrogens is 240 g/mol. The summed E-state index contributed by atoms with van der Waals surface area (Å²) in [5, 5.41) is 9.26. The van der Waals surface area contributed by atoms with E-state index < -0.39 is 11.6 Å². The normalized spacial score (nSPS) is 19.9. The zero-order valence-corrected chi connectivity index (χ0v) is 9.90. The first-order chi connectivity index (χ1) is 8.67. The van der Waals surface area contributed by atoms with E-state index in [0.29, 0.717) is 19.3 Å². The molecule has 3 nitrogen and oxygen atoms in total. The molecule has 1 aliphatic heterocycles. The van der Waals surface area contributed by atoms with Crippen LogP contribution in [-0.4, -0.2) is 30.6 Å². The third-order valence-electron chi connectivity index (χ3n) is 3.30. The van der Waals surface area contributed by atoms with E-state index in [-0.39, 0.29) is 23.9 Å². The first-order valence-corrected chi connectivity index (χ1v) is 5.99. The highest BCUT2D eigenvalue weighted by Crippen LogP contribution is 2.30. The summed E-state index contributed by atoms with van der Waals surface area (Å²) < 4.78 is 27.7. The molecule has 1 aromatic rings. The maximum atomic E-state index is 13.9. The van der Waals surface area contributed by atoms with Gasteiger partial charge in [-0.05, 0) is 31.4 Å². The number of aliphatic hydroxyl groups is 1. The number of hydrogen-bond donors (Lipinski definition) is 1. The minimum absolute atomic E-state index is 0.0219. The minimum Gasteiger partial charge on any atom is -0.394 e. The predicted octanol–water partition coefficient (Wildman–Crippen LogP) is 2.13. The molecule has 1 fully saturated rings. The Morgan fingerprint density at radius 1 is 1.33 bits per heavy atom. The summed E-state index contributed by atoms with van der Waals surface area (Å²) >= 11 is 0. The summed E-state index contributed by atoms with van der Waals surface area (Å²) in [5.41, 5.74) is -0.161. The molecule has 1 unspecified atom stereocenters. The number of piperidine rings is 1. The first-order valence-electron chi connectivity index (χ1n) is 5.99. The lowest BCUT2D eigenvalue weighted by atomic mass is 10.0. The fourth-order valence-electron chi connectivity index (χ4n) is 2.41. The Balaban J connectivity index is 2.39. The molecule has 0 saturated carbocycles. The Kier molecular flexibility index (Phi) is 3.91. The van der Waals surface area contributed by atoms with Gasteiger partial charge in [0.1, 0.15) is 23.6 Å². The van der Waals surface area contributed by atoms with Gasteiger partial charge >= 0.3 is 0 Å². The molecule has 5 heteroatoms. The van der Waals surface area contributed by atoms with Crippen LogP contribution >= 0.6 is 0 Å². The zero-order valence-electron chi connectivity index (χ0n) is 9.90. The van der Waals surface area contributed by atoms with Gasteiger partial charge in [0.2, 0.25) is 0 Å². The highest BCUT2D eigenvalue weighted by Gasteiger charge is 2.27. The molecule has 0 bridgehead atoms. The molecule has 0 aromatic heterocycles. The van der Waals surface area contributed by atoms with Crippen molar-refractivity contribution in [2.45, 2.75) is 25.3 Å². The SMILES string of the molecule is O=Cc1cc(F)c(N2CCCCC2CO)c(F)c1. The average molecular weight is 255 g/mol. The topological polar surface area (TPSA) is 40.5 Å². The van der Waals surface area contributed by atoms with Gasteiger partial charge in [0.05, 0.1) is 12.6 Å². The maximum Gasteiger partial charge on any atom is 0.150 e. The highest BCUT2D eigenvalue weighted by molar-refractivity contribution is 5.76. The molecule has 98 valence electrons. The number of rotatable bonds is 3. The predicted molar refractivity (Wildman–Crippen MR) is 63.8 cm³/mol. The van der Waals surface area contributed by atoms with E-state index in [1.807, 2.05) is 0 Å². The fourth-order valence-corrected chi connectivity index (χ4v) is 2.41. The van der Waals surface area contributed by atoms with Gasteiger partial charge in [0.25, 0.3) is 0 Å². The van der Waals surface area contributed by atoms with E-state index in [2.05, 4.69) is 0 Å². The summed E-state index contributed by atoms with van der Waals surface area (Å²) in [6.07, 6.45) is 2.91. The number of carbonyl (C=O) groups is 1. The van der Waals surface area contributed by atoms with Gasteiger partial charge in [-0.2, -0.15) is 0 Å². The van der Waals surface area contributed by atoms with Crippen LogP contribution in [0.4, 0.5) is 14.5 Å². The van der Waals surface area contributed by atoms with Crippen molar-refractivity contribution in [3.63, 3.8) is 0 Å². The molecule has 0 amide bonds. The molecule has 0 aliphatic carbocycles. The van der Waals surface area contributed by atoms with Gasteiger partial charge in [0, 0.05) is 12.1 Å². The number of aldehydes is 1. The first kappa shape index (κ1) is 13.0. The van der Waals surface area contributed by atoms with Crippen LogP contribution in [0.3, 0.4) is 0 Å². The van der Waals surface area contributed by atoms with Crippen molar-refractivity contribution in [1.82, 2.24) is 0 Å². The maximum absolute atomic E-state index is 13.9. The number of benzene rings is 1. The molecule has 0 radical (unpaired) electrons. The van der Waals surface area contributed by atoms with Crippen molar-refractivity contribution in [2.75, 3.05) is 18.1 Å². The molecular formula is C13H15F2NO2. The van der Waals surface area contributed by atoms with Crippen molar-refractivity contribution in [3.8, 4) is 0 Å². The molecule has 1 heterocycles. The number of hydrogen-bond acceptors (Lipinski definition) is 3. The smallest absolute Gasteiger partial charge is 0.150 e. The van der Waals surface area contributed by atoms with Gasteiger partial charge < -0.3 is 10.0 Å². The lowest BCUT2D eigenvalue weighted by Crippen LogP contribution is -2.42. The minimum atomic E-state index is -0.752. The van der Waals surface area contributed by atoms with Gasteiger partial charge in [-0.25, -0.2) is 8.78 Å². The summed E-state index contributed by atoms with van der Waals surface area (Å²) in [5.74, 6) is -1.50. The fraction of sp³-hybridized carbons (Fsp3) is 0.462. The van der Waals surface area contributed by atoms with Crippen molar-refractivity contribution in [1.29, 1.82) is 0 Å². The van der Waals surface area contributed by atoms with E-state index in [1.54, 1.807) is 4.90 Å². The van der Waals surface area contributed by atoms with Gasteiger partial charge in [0.15, 0.2) is 0 Å². The van der Waals surface area contributed by atoms with E-state index in [1.165, 1.54) is 0 Å². The molecule has 1 aromatic carbocycles. The third-order valence-corrected chi connectivity index (χ3v) is 3.30. The van der Waals surface area contributed by atoms with Crippen LogP contribution in [0.25, 0.3) is 0 Å². The van der Waals surface area contributed by atoms with E-state index in [9.17, 15) is 18.7 Å². The Labute approximate surface area is 104 Å². The van der Waals surface area contributed by atoms with Crippen molar-refractivity contribution < 1.29 is 18.7 Å². The van der Waals surface area contributed by atoms with Crippen molar-refractivity contribution in [2.24, 2.45) is 0 Å². The van der Waals surface area contributed by atoms with Crippen LogP contribution in [0.15, 0.2) is 12.1 Å². The summed E-state index contributed by atoms with van der Waals surface area (Å²) in [6.45, 7) is 0.383. The lowest BCUT2D eigenvalue weighted by Gasteiger charge is -2.36. The molecule has 1 saturated heterocycles. The quantitative estimate of drug-likeness (QED) is 0.841. The highest BCUT2D eigenvalue weighted by atomic mass is 19.1. The van der Waals surface area contributed by atoms with Crippen LogP contribution in [0.2, 0.25) is 0 Å². The summed E-state index contributed by atoms with van der Waals surface area (Å²) in [6, 6.07) is 1.79. The van der Waals surface area contributed by atoms with Crippen LogP contribution in [-0.2, 0) is 0 Å². The second-order valence-corrected chi connectivity index (χ2v) is 4.48. The Hall–Kier alpha value is -1.49. The summed E-state index contributed by atoms with van der Waals surface area (Å²) in [4.78, 5) is 12.1. The van der Waals surface area contributed by atoms with E-state index in [0.717, 1.165) is 25.0 Å². The Morgan fingerprint density at radius 3 is 2.56 bits per heavy atom. The molecule has 2 rings (SSSR count). The second-order valence-electron chi connectivity index (χ2n) is 4.48. The lowest BCUT2D eigenvalue weighted by molar-refractivity contribution is 0.112. The molecule has 1 atom stereocenters. The van der Waals surface area contributed by atoms with Gasteiger partial charge in [-0.1, -0.05) is 0 Å². The van der Waals surface area contributed by atoms with Gasteiger partial charge in [-0.15, -0.1) is 0 Å². The van der Waals surface area contributed by atoms with Crippen LogP contribution < -0.4 is 4.90 Å². The molecule has 1 N–H and O–H groups in total. The third kappa shape index (κ3) is 2.36. The van der Waals surface area contributed by atoms with Crippen LogP contribution in [0, 0.1) is 11.6 Å². The second kappa shape index (κ2) is 5.44. The van der Waals surface area contributed by atoms with E-state index >= 15 is 0 Å². The van der Waals surface area contributed by atoms with Crippen molar-refractivity contribution in [3.05, 3.63) is 29.3 Å². The number of anilines is 1. The Morgan fingerprint density at radius 2 is 2.00 bits per heavy atom. The van der Waals surface area contributed by atoms with Crippen LogP contribution in [0.5, 0.6) is 0 Å². The van der Waals surface area contributed by atoms with Crippen LogP contribution in [0.1, 0.15) is 29.6 Å². The standard InChI is InChI=1S/C13H15F2NO2/c14-11-5-9(7-17)6-12(15)13(11)16-4-2-1-3-10(16)8-18/h5-7,10,18H,1-4,8H2. The van der Waals surface area contributed by atoms with Crippen molar-refractivity contribution >= 4 is 12.0 Å². The monoisotopic (exact) mass is 255 g/mol. The number of aliphatic hydroxyl groups excluding tert-OH is 1. The molecule has 18 heavy (non-hydrogen) atoms. The largest absolute Gasteiger partial charge is 0.394 e. The summed E-state index contributed by atoms with van der Waals surface area (Å²) in [7, 11) is 0.